The molecule has 0 amide bonds. The molecule has 0 radical (unpaired) electrons. The van der Waals surface area contributed by atoms with Crippen molar-refractivity contribution in [2.24, 2.45) is 5.41 Å². The predicted octanol–water partition coefficient (Wildman–Crippen LogP) is 0.865. The van der Waals surface area contributed by atoms with Gasteiger partial charge in [-0.1, -0.05) is 30.2 Å². The Kier molecular flexibility index (Phi) is 3.26. The number of nitrogens with one attached hydrogen (secondary N) is 1. The van der Waals surface area contributed by atoms with Crippen LogP contribution in [0, 0.1) is 5.41 Å². The Hall–Kier alpha value is -0.140. The van der Waals surface area contributed by atoms with Crippen LogP contribution in [0.15, 0.2) is 0 Å². The summed E-state index contributed by atoms with van der Waals surface area (Å²) in [5.74, 6) is -0.817. The number of carboxylic acids is 1. The van der Waals surface area contributed by atoms with E-state index >= 15 is 0 Å². The van der Waals surface area contributed by atoms with Crippen LogP contribution in [-0.4, -0.2) is 17.1 Å². The van der Waals surface area contributed by atoms with E-state index in [9.17, 15) is 4.79 Å². The fraction of sp³-hybridized carbons (Fsp3) is 0.833. The summed E-state index contributed by atoms with van der Waals surface area (Å²) >= 11 is 0. The molecule has 0 aliphatic heterocycles. The molecule has 2 unspecified atom stereocenters. The van der Waals surface area contributed by atoms with E-state index in [1.807, 2.05) is 20.8 Å². The molecule has 0 bridgehead atoms. The molecule has 0 saturated heterocycles. The summed E-state index contributed by atoms with van der Waals surface area (Å²) in [6.07, 6.45) is 0. The van der Waals surface area contributed by atoms with E-state index < -0.39 is 12.0 Å². The van der Waals surface area contributed by atoms with Gasteiger partial charge in [0.2, 0.25) is 0 Å². The van der Waals surface area contributed by atoms with Crippen LogP contribution >= 0.6 is 9.39 Å². The second-order valence-electron chi connectivity index (χ2n) is 3.30. The van der Waals surface area contributed by atoms with Gasteiger partial charge in [-0.2, -0.15) is 0 Å². The van der Waals surface area contributed by atoms with Crippen LogP contribution in [0.5, 0.6) is 0 Å². The molecule has 0 aromatic carbocycles. The maximum Gasteiger partial charge on any atom is 0.321 e. The number of hydrogen-bond acceptors (Lipinski definition) is 2. The van der Waals surface area contributed by atoms with Gasteiger partial charge in [-0.05, 0) is 5.41 Å². The minimum absolute atomic E-state index is 0.242. The zero-order valence-electron chi connectivity index (χ0n) is 6.51. The van der Waals surface area contributed by atoms with E-state index in [0.717, 1.165) is 0 Å². The van der Waals surface area contributed by atoms with Crippen LogP contribution in [-0.2, 0) is 4.79 Å². The lowest BCUT2D eigenvalue weighted by Gasteiger charge is -2.25. The van der Waals surface area contributed by atoms with Gasteiger partial charge >= 0.3 is 5.97 Å². The summed E-state index contributed by atoms with van der Waals surface area (Å²) in [6.45, 7) is 5.63. The molecular weight excluding hydrogens is 149 g/mol. The first kappa shape index (κ1) is 9.86. The second-order valence-corrected chi connectivity index (χ2v) is 3.64. The average Bonchev–Trinajstić information content (AvgIpc) is 1.60. The molecule has 3 nitrogen and oxygen atoms in total. The molecule has 10 heavy (non-hydrogen) atoms. The molecule has 0 rings (SSSR count). The lowest BCUT2D eigenvalue weighted by molar-refractivity contribution is -0.141. The molecule has 0 saturated carbocycles. The highest BCUT2D eigenvalue weighted by molar-refractivity contribution is 7.13. The Labute approximate surface area is 63.5 Å². The van der Waals surface area contributed by atoms with Crippen molar-refractivity contribution in [2.45, 2.75) is 26.8 Å². The van der Waals surface area contributed by atoms with E-state index in [1.165, 1.54) is 0 Å². The number of hydrogen-bond donors (Lipinski definition) is 2. The third-order valence-corrected chi connectivity index (χ3v) is 1.61. The standard InChI is InChI=1S/C6H14NO2P/c1-6(2,3)4(7-10)5(8)9/h4,7H,10H2,1-3H3,(H,8,9). The summed E-state index contributed by atoms with van der Waals surface area (Å²) in [5, 5.41) is 11.3. The quantitative estimate of drug-likeness (QED) is 0.594. The van der Waals surface area contributed by atoms with Crippen molar-refractivity contribution in [3.63, 3.8) is 0 Å². The molecular formula is C6H14NO2P. The number of aliphatic carboxylic acids is 1. The predicted molar refractivity (Wildman–Crippen MR) is 43.7 cm³/mol. The van der Waals surface area contributed by atoms with Gasteiger partial charge < -0.3 is 5.11 Å². The van der Waals surface area contributed by atoms with E-state index in [2.05, 4.69) is 14.5 Å². The van der Waals surface area contributed by atoms with Crippen LogP contribution in [0.2, 0.25) is 0 Å². The topological polar surface area (TPSA) is 49.3 Å². The normalized spacial score (nSPS) is 14.8. The highest BCUT2D eigenvalue weighted by Gasteiger charge is 2.29. The molecule has 0 spiro atoms. The van der Waals surface area contributed by atoms with E-state index in [-0.39, 0.29) is 5.41 Å². The molecule has 2 N–H and O–H groups in total. The second kappa shape index (κ2) is 3.31. The molecule has 0 aliphatic carbocycles. The van der Waals surface area contributed by atoms with Crippen molar-refractivity contribution >= 4 is 15.4 Å². The first-order valence-corrected chi connectivity index (χ1v) is 3.66. The Balaban J connectivity index is 4.22. The molecule has 0 aromatic rings. The van der Waals surface area contributed by atoms with Crippen molar-refractivity contribution < 1.29 is 9.90 Å². The molecule has 0 aliphatic rings. The minimum Gasteiger partial charge on any atom is -0.480 e. The largest absolute Gasteiger partial charge is 0.480 e. The monoisotopic (exact) mass is 163 g/mol. The van der Waals surface area contributed by atoms with Crippen molar-refractivity contribution in [3.05, 3.63) is 0 Å². The SMILES string of the molecule is CC(C)(C)C(NP)C(=O)O. The van der Waals surface area contributed by atoms with Gasteiger partial charge in [-0.3, -0.25) is 9.88 Å². The molecule has 0 aromatic heterocycles. The fourth-order valence-corrected chi connectivity index (χ4v) is 1.33. The summed E-state index contributed by atoms with van der Waals surface area (Å²) in [5.41, 5.74) is -0.242. The summed E-state index contributed by atoms with van der Waals surface area (Å²) in [7, 11) is 2.22. The smallest absolute Gasteiger partial charge is 0.321 e. The average molecular weight is 163 g/mol. The highest BCUT2D eigenvalue weighted by atomic mass is 31.0. The van der Waals surface area contributed by atoms with Crippen LogP contribution in [0.1, 0.15) is 20.8 Å². The zero-order chi connectivity index (χ0) is 8.36. The first-order chi connectivity index (χ1) is 4.39. The maximum atomic E-state index is 10.5. The van der Waals surface area contributed by atoms with Crippen molar-refractivity contribution in [2.75, 3.05) is 0 Å². The summed E-state index contributed by atoms with van der Waals surface area (Å²) in [6, 6.07) is -0.502. The van der Waals surface area contributed by atoms with Gasteiger partial charge in [-0.15, -0.1) is 0 Å². The van der Waals surface area contributed by atoms with Gasteiger partial charge in [0.05, 0.1) is 0 Å². The van der Waals surface area contributed by atoms with Crippen LogP contribution in [0.3, 0.4) is 0 Å². The Morgan fingerprint density at radius 1 is 1.60 bits per heavy atom. The maximum absolute atomic E-state index is 10.5. The zero-order valence-corrected chi connectivity index (χ0v) is 7.66. The van der Waals surface area contributed by atoms with Gasteiger partial charge in [0.1, 0.15) is 6.04 Å². The summed E-state index contributed by atoms with van der Waals surface area (Å²) < 4.78 is 0. The van der Waals surface area contributed by atoms with Crippen LogP contribution in [0.25, 0.3) is 0 Å². The lowest BCUT2D eigenvalue weighted by atomic mass is 9.88. The first-order valence-electron chi connectivity index (χ1n) is 3.08. The highest BCUT2D eigenvalue weighted by Crippen LogP contribution is 2.19. The van der Waals surface area contributed by atoms with E-state index in [1.54, 1.807) is 0 Å². The lowest BCUT2D eigenvalue weighted by Crippen LogP contribution is -2.41. The number of carboxylic acid groups (broad SMARTS) is 1. The molecule has 0 heterocycles. The molecule has 4 heteroatoms. The van der Waals surface area contributed by atoms with Crippen molar-refractivity contribution in [3.8, 4) is 0 Å². The Morgan fingerprint density at radius 3 is 2.00 bits per heavy atom. The van der Waals surface area contributed by atoms with Crippen LogP contribution in [0.4, 0.5) is 0 Å². The Bertz CT molecular complexity index is 130. The molecule has 2 atom stereocenters. The number of carbonyl (C=O) groups is 1. The van der Waals surface area contributed by atoms with Crippen LogP contribution < -0.4 is 5.09 Å². The third-order valence-electron chi connectivity index (χ3n) is 1.28. The van der Waals surface area contributed by atoms with E-state index in [4.69, 9.17) is 5.11 Å². The minimum atomic E-state index is -0.817. The van der Waals surface area contributed by atoms with Gasteiger partial charge in [0.15, 0.2) is 0 Å². The van der Waals surface area contributed by atoms with Crippen molar-refractivity contribution in [1.82, 2.24) is 5.09 Å². The summed E-state index contributed by atoms with van der Waals surface area (Å²) in [4.78, 5) is 10.5. The van der Waals surface area contributed by atoms with Gasteiger partial charge in [0, 0.05) is 0 Å². The number of rotatable bonds is 2. The molecule has 60 valence electrons. The van der Waals surface area contributed by atoms with Crippen molar-refractivity contribution in [1.29, 1.82) is 0 Å². The third kappa shape index (κ3) is 2.63. The fourth-order valence-electron chi connectivity index (χ4n) is 0.692. The van der Waals surface area contributed by atoms with Gasteiger partial charge in [0.25, 0.3) is 0 Å². The molecule has 0 fully saturated rings. The van der Waals surface area contributed by atoms with E-state index in [0.29, 0.717) is 0 Å². The Morgan fingerprint density at radius 2 is 2.00 bits per heavy atom. The van der Waals surface area contributed by atoms with Gasteiger partial charge in [-0.25, -0.2) is 0 Å².